The van der Waals surface area contributed by atoms with Gasteiger partial charge in [-0.3, -0.25) is 9.59 Å². The van der Waals surface area contributed by atoms with Crippen LogP contribution in [0.5, 0.6) is 0 Å². The molecule has 13 heavy (non-hydrogen) atoms. The van der Waals surface area contributed by atoms with Gasteiger partial charge < -0.3 is 9.64 Å². The summed E-state index contributed by atoms with van der Waals surface area (Å²) >= 11 is 5.32. The van der Waals surface area contributed by atoms with Crippen molar-refractivity contribution in [2.75, 3.05) is 26.1 Å². The maximum Gasteiger partial charge on any atom is 0.307 e. The second-order valence-electron chi connectivity index (χ2n) is 2.50. The van der Waals surface area contributed by atoms with Crippen LogP contribution in [0.4, 0.5) is 0 Å². The second-order valence-corrected chi connectivity index (χ2v) is 2.77. The number of carbonyl (C=O) groups is 2. The number of halogens is 1. The molecule has 0 unspecified atom stereocenters. The number of amides is 1. The largest absolute Gasteiger partial charge is 0.466 e. The molecule has 0 saturated heterocycles. The molecule has 0 N–H and O–H groups in total. The quantitative estimate of drug-likeness (QED) is 0.491. The Labute approximate surface area is 82.8 Å². The Morgan fingerprint density at radius 2 is 2.08 bits per heavy atom. The van der Waals surface area contributed by atoms with E-state index in [0.29, 0.717) is 13.2 Å². The fourth-order valence-corrected chi connectivity index (χ4v) is 0.923. The fourth-order valence-electron chi connectivity index (χ4n) is 0.719. The maximum atomic E-state index is 10.9. The summed E-state index contributed by atoms with van der Waals surface area (Å²) in [5.41, 5.74) is 0. The highest BCUT2D eigenvalue weighted by Crippen LogP contribution is 1.93. The molecule has 0 bridgehead atoms. The third kappa shape index (κ3) is 5.47. The monoisotopic (exact) mass is 207 g/mol. The number of alkyl halides is 1. The summed E-state index contributed by atoms with van der Waals surface area (Å²) < 4.78 is 4.70. The van der Waals surface area contributed by atoms with Crippen LogP contribution in [0.15, 0.2) is 0 Å². The second kappa shape index (κ2) is 6.71. The van der Waals surface area contributed by atoms with Crippen LogP contribution in [0, 0.1) is 0 Å². The lowest BCUT2D eigenvalue weighted by molar-refractivity contribution is -0.143. The fraction of sp³-hybridized carbons (Fsp3) is 0.750. The van der Waals surface area contributed by atoms with Crippen molar-refractivity contribution in [1.29, 1.82) is 0 Å². The molecule has 0 aliphatic rings. The van der Waals surface area contributed by atoms with Gasteiger partial charge in [-0.25, -0.2) is 0 Å². The molecule has 0 heterocycles. The van der Waals surface area contributed by atoms with E-state index < -0.39 is 0 Å². The number of carbonyl (C=O) groups excluding carboxylic acids is 2. The predicted octanol–water partition coefficient (Wildman–Crippen LogP) is 0.637. The van der Waals surface area contributed by atoms with Crippen molar-refractivity contribution in [1.82, 2.24) is 4.90 Å². The lowest BCUT2D eigenvalue weighted by Crippen LogP contribution is -2.30. The van der Waals surface area contributed by atoms with Crippen molar-refractivity contribution in [3.63, 3.8) is 0 Å². The zero-order chi connectivity index (χ0) is 10.3. The number of hydrogen-bond donors (Lipinski definition) is 0. The van der Waals surface area contributed by atoms with E-state index in [9.17, 15) is 9.59 Å². The summed E-state index contributed by atoms with van der Waals surface area (Å²) in [5.74, 6) is -0.540. The normalized spacial score (nSPS) is 9.46. The summed E-state index contributed by atoms with van der Waals surface area (Å²) in [6, 6.07) is 0. The standard InChI is InChI=1S/C8H14ClNO3/c1-3-13-8(12)4-5-10(2)7(11)6-9/h3-6H2,1-2H3. The van der Waals surface area contributed by atoms with Crippen LogP contribution >= 0.6 is 11.6 Å². The molecule has 76 valence electrons. The van der Waals surface area contributed by atoms with Crippen molar-refractivity contribution >= 4 is 23.5 Å². The van der Waals surface area contributed by atoms with Gasteiger partial charge in [-0.15, -0.1) is 11.6 Å². The molecule has 0 saturated carbocycles. The van der Waals surface area contributed by atoms with Gasteiger partial charge in [-0.05, 0) is 6.92 Å². The highest BCUT2D eigenvalue weighted by molar-refractivity contribution is 6.27. The summed E-state index contributed by atoms with van der Waals surface area (Å²) in [4.78, 5) is 23.2. The Kier molecular flexibility index (Phi) is 6.32. The summed E-state index contributed by atoms with van der Waals surface area (Å²) in [5, 5.41) is 0. The van der Waals surface area contributed by atoms with E-state index in [1.165, 1.54) is 4.90 Å². The van der Waals surface area contributed by atoms with Crippen molar-refractivity contribution in [2.24, 2.45) is 0 Å². The molecule has 0 spiro atoms. The van der Waals surface area contributed by atoms with Gasteiger partial charge in [-0.1, -0.05) is 0 Å². The number of rotatable bonds is 5. The molecule has 0 radical (unpaired) electrons. The minimum atomic E-state index is -0.295. The average Bonchev–Trinajstić information content (AvgIpc) is 2.13. The topological polar surface area (TPSA) is 46.6 Å². The van der Waals surface area contributed by atoms with Gasteiger partial charge in [0.2, 0.25) is 5.91 Å². The minimum absolute atomic E-state index is 0.0562. The molecule has 4 nitrogen and oxygen atoms in total. The van der Waals surface area contributed by atoms with Crippen LogP contribution in [0.3, 0.4) is 0 Å². The molecule has 0 aromatic carbocycles. The molecule has 0 fully saturated rings. The SMILES string of the molecule is CCOC(=O)CCN(C)C(=O)CCl. The van der Waals surface area contributed by atoms with Gasteiger partial charge in [0.05, 0.1) is 13.0 Å². The van der Waals surface area contributed by atoms with Crippen LogP contribution in [-0.4, -0.2) is 42.9 Å². The van der Waals surface area contributed by atoms with Crippen LogP contribution in [-0.2, 0) is 14.3 Å². The average molecular weight is 208 g/mol. The number of ether oxygens (including phenoxy) is 1. The Bertz CT molecular complexity index is 184. The molecule has 0 atom stereocenters. The number of esters is 1. The van der Waals surface area contributed by atoms with Gasteiger partial charge in [0, 0.05) is 13.6 Å². The molecule has 0 aliphatic heterocycles. The van der Waals surface area contributed by atoms with Crippen molar-refractivity contribution in [3.05, 3.63) is 0 Å². The Balaban J connectivity index is 3.63. The van der Waals surface area contributed by atoms with E-state index in [4.69, 9.17) is 16.3 Å². The summed E-state index contributed by atoms with van der Waals surface area (Å²) in [6.07, 6.45) is 0.215. The first-order chi connectivity index (χ1) is 6.11. The van der Waals surface area contributed by atoms with Gasteiger partial charge in [0.15, 0.2) is 0 Å². The van der Waals surface area contributed by atoms with Crippen LogP contribution in [0.2, 0.25) is 0 Å². The first kappa shape index (κ1) is 12.2. The molecular weight excluding hydrogens is 194 g/mol. The smallest absolute Gasteiger partial charge is 0.307 e. The van der Waals surface area contributed by atoms with Crippen LogP contribution < -0.4 is 0 Å². The highest BCUT2D eigenvalue weighted by atomic mass is 35.5. The minimum Gasteiger partial charge on any atom is -0.466 e. The Morgan fingerprint density at radius 1 is 1.46 bits per heavy atom. The number of nitrogens with zero attached hydrogens (tertiary/aromatic N) is 1. The predicted molar refractivity (Wildman–Crippen MR) is 49.6 cm³/mol. The van der Waals surface area contributed by atoms with E-state index in [1.54, 1.807) is 14.0 Å². The van der Waals surface area contributed by atoms with Gasteiger partial charge in [0.25, 0.3) is 0 Å². The van der Waals surface area contributed by atoms with Gasteiger partial charge in [-0.2, -0.15) is 0 Å². The van der Waals surface area contributed by atoms with Gasteiger partial charge in [0.1, 0.15) is 5.88 Å². The van der Waals surface area contributed by atoms with E-state index in [2.05, 4.69) is 0 Å². The highest BCUT2D eigenvalue weighted by Gasteiger charge is 2.09. The van der Waals surface area contributed by atoms with Gasteiger partial charge >= 0.3 is 5.97 Å². The van der Waals surface area contributed by atoms with E-state index >= 15 is 0 Å². The van der Waals surface area contributed by atoms with Crippen LogP contribution in [0.25, 0.3) is 0 Å². The van der Waals surface area contributed by atoms with Crippen molar-refractivity contribution < 1.29 is 14.3 Å². The van der Waals surface area contributed by atoms with E-state index in [-0.39, 0.29) is 24.2 Å². The van der Waals surface area contributed by atoms with Crippen molar-refractivity contribution in [3.8, 4) is 0 Å². The molecule has 0 aromatic rings. The molecule has 5 heteroatoms. The first-order valence-corrected chi connectivity index (χ1v) is 4.60. The van der Waals surface area contributed by atoms with Crippen LogP contribution in [0.1, 0.15) is 13.3 Å². The molecule has 0 rings (SSSR count). The third-order valence-electron chi connectivity index (χ3n) is 1.50. The van der Waals surface area contributed by atoms with E-state index in [1.807, 2.05) is 0 Å². The Hall–Kier alpha value is -0.770. The zero-order valence-corrected chi connectivity index (χ0v) is 8.63. The Morgan fingerprint density at radius 3 is 2.54 bits per heavy atom. The maximum absolute atomic E-state index is 10.9. The molecule has 0 aliphatic carbocycles. The lowest BCUT2D eigenvalue weighted by Gasteiger charge is -2.14. The number of hydrogen-bond acceptors (Lipinski definition) is 3. The lowest BCUT2D eigenvalue weighted by atomic mass is 10.4. The van der Waals surface area contributed by atoms with Crippen molar-refractivity contribution in [2.45, 2.75) is 13.3 Å². The molecular formula is C8H14ClNO3. The summed E-state index contributed by atoms with van der Waals surface area (Å²) in [7, 11) is 1.60. The molecule has 0 aromatic heterocycles. The first-order valence-electron chi connectivity index (χ1n) is 4.07. The van der Waals surface area contributed by atoms with E-state index in [0.717, 1.165) is 0 Å². The molecule has 1 amide bonds. The zero-order valence-electron chi connectivity index (χ0n) is 7.88. The third-order valence-corrected chi connectivity index (χ3v) is 1.73. The summed E-state index contributed by atoms with van der Waals surface area (Å²) in [6.45, 7) is 2.46.